The normalized spacial score (nSPS) is 22.8. The number of carbonyl (C=O) groups excluding carboxylic acids is 1. The van der Waals surface area contributed by atoms with Crippen molar-refractivity contribution in [3.63, 3.8) is 0 Å². The lowest BCUT2D eigenvalue weighted by molar-refractivity contribution is -0.104. The molecule has 13 heavy (non-hydrogen) atoms. The van der Waals surface area contributed by atoms with Crippen LogP contribution in [0.25, 0.3) is 0 Å². The lowest BCUT2D eigenvalue weighted by Gasteiger charge is -2.26. The Morgan fingerprint density at radius 1 is 1.69 bits per heavy atom. The Kier molecular flexibility index (Phi) is 4.05. The Hall–Kier alpha value is -1.29. The quantitative estimate of drug-likeness (QED) is 0.354. The topological polar surface area (TPSA) is 64.4 Å². The van der Waals surface area contributed by atoms with Crippen molar-refractivity contribution in [2.24, 2.45) is 5.73 Å². The van der Waals surface area contributed by atoms with E-state index < -0.39 is 0 Å². The fraction of sp³-hybridized carbons (Fsp3) is 0.444. The molecule has 1 fully saturated rings. The first-order valence-electron chi connectivity index (χ1n) is 4.26. The fourth-order valence-corrected chi connectivity index (χ4v) is 0.994. The lowest BCUT2D eigenvalue weighted by Crippen LogP contribution is -2.36. The van der Waals surface area contributed by atoms with Crippen LogP contribution in [-0.2, 0) is 9.53 Å². The predicted molar refractivity (Wildman–Crippen MR) is 49.8 cm³/mol. The molecule has 1 rings (SSSR count). The summed E-state index contributed by atoms with van der Waals surface area (Å²) in [6.45, 7) is 1.59. The molecule has 0 aromatic carbocycles. The van der Waals surface area contributed by atoms with Crippen molar-refractivity contribution in [1.82, 2.24) is 5.32 Å². The first-order valence-corrected chi connectivity index (χ1v) is 4.26. The second kappa shape index (κ2) is 5.37. The number of nitrogens with two attached hydrogens (primary N) is 1. The molecule has 72 valence electrons. The van der Waals surface area contributed by atoms with Crippen LogP contribution in [0.15, 0.2) is 24.0 Å². The van der Waals surface area contributed by atoms with Crippen molar-refractivity contribution in [2.75, 3.05) is 13.2 Å². The van der Waals surface area contributed by atoms with E-state index in [9.17, 15) is 4.79 Å². The van der Waals surface area contributed by atoms with Gasteiger partial charge in [0.15, 0.2) is 0 Å². The molecule has 4 heteroatoms. The van der Waals surface area contributed by atoms with Gasteiger partial charge in [-0.05, 0) is 18.6 Å². The third-order valence-corrected chi connectivity index (χ3v) is 1.86. The molecule has 0 aliphatic carbocycles. The minimum atomic E-state index is 0.291. The van der Waals surface area contributed by atoms with E-state index in [2.05, 4.69) is 5.32 Å². The van der Waals surface area contributed by atoms with Crippen LogP contribution in [-0.4, -0.2) is 25.5 Å². The monoisotopic (exact) mass is 182 g/mol. The Morgan fingerprint density at radius 3 is 2.92 bits per heavy atom. The van der Waals surface area contributed by atoms with E-state index in [0.29, 0.717) is 12.4 Å². The minimum Gasteiger partial charge on any atom is -0.403 e. The van der Waals surface area contributed by atoms with Crippen molar-refractivity contribution in [2.45, 2.75) is 12.5 Å². The van der Waals surface area contributed by atoms with Gasteiger partial charge in [0.2, 0.25) is 0 Å². The molecule has 1 atom stereocenters. The Balaban J connectivity index is 2.23. The first-order chi connectivity index (χ1) is 6.36. The number of hydrogen-bond donors (Lipinski definition) is 2. The number of allylic oxidation sites excluding steroid dienone is 2. The Bertz CT molecular complexity index is 220. The van der Waals surface area contributed by atoms with E-state index in [0.717, 1.165) is 25.3 Å². The SMILES string of the molecule is N/C=C(/C=C/C=O)NCC1CCO1. The van der Waals surface area contributed by atoms with Gasteiger partial charge in [-0.2, -0.15) is 0 Å². The molecule has 0 aromatic rings. The first kappa shape index (κ1) is 9.80. The number of carbonyl (C=O) groups is 1. The molecule has 4 nitrogen and oxygen atoms in total. The molecule has 1 aliphatic heterocycles. The van der Waals surface area contributed by atoms with Crippen LogP contribution < -0.4 is 11.1 Å². The fourth-order valence-electron chi connectivity index (χ4n) is 0.994. The summed E-state index contributed by atoms with van der Waals surface area (Å²) < 4.78 is 5.21. The van der Waals surface area contributed by atoms with E-state index in [1.165, 1.54) is 12.3 Å². The summed E-state index contributed by atoms with van der Waals surface area (Å²) in [6, 6.07) is 0. The smallest absolute Gasteiger partial charge is 0.142 e. The summed E-state index contributed by atoms with van der Waals surface area (Å²) in [5.74, 6) is 0. The van der Waals surface area contributed by atoms with Gasteiger partial charge in [0.05, 0.1) is 6.10 Å². The maximum Gasteiger partial charge on any atom is 0.142 e. The van der Waals surface area contributed by atoms with Crippen LogP contribution >= 0.6 is 0 Å². The van der Waals surface area contributed by atoms with Gasteiger partial charge in [0, 0.05) is 25.0 Å². The molecule has 0 saturated carbocycles. The second-order valence-electron chi connectivity index (χ2n) is 2.78. The van der Waals surface area contributed by atoms with Crippen molar-refractivity contribution in [3.05, 3.63) is 24.0 Å². The highest BCUT2D eigenvalue weighted by Crippen LogP contribution is 2.09. The molecule has 0 bridgehead atoms. The van der Waals surface area contributed by atoms with Gasteiger partial charge in [-0.3, -0.25) is 4.79 Å². The number of nitrogens with one attached hydrogen (secondary N) is 1. The summed E-state index contributed by atoms with van der Waals surface area (Å²) in [5, 5.41) is 3.07. The molecule has 0 spiro atoms. The number of hydrogen-bond acceptors (Lipinski definition) is 4. The zero-order chi connectivity index (χ0) is 9.52. The van der Waals surface area contributed by atoms with Gasteiger partial charge in [0.1, 0.15) is 6.29 Å². The van der Waals surface area contributed by atoms with E-state index >= 15 is 0 Å². The highest BCUT2D eigenvalue weighted by atomic mass is 16.5. The Morgan fingerprint density at radius 2 is 2.46 bits per heavy atom. The molecule has 1 unspecified atom stereocenters. The van der Waals surface area contributed by atoms with Crippen LogP contribution in [0.2, 0.25) is 0 Å². The van der Waals surface area contributed by atoms with Crippen molar-refractivity contribution in [3.8, 4) is 0 Å². The zero-order valence-electron chi connectivity index (χ0n) is 7.40. The molecular formula is C9H14N2O2. The van der Waals surface area contributed by atoms with Crippen LogP contribution in [0.4, 0.5) is 0 Å². The summed E-state index contributed by atoms with van der Waals surface area (Å²) in [5.41, 5.74) is 6.07. The third kappa shape index (κ3) is 3.29. The molecule has 1 aliphatic rings. The number of aldehydes is 1. The average Bonchev–Trinajstić information content (AvgIpc) is 2.08. The maximum absolute atomic E-state index is 10.0. The van der Waals surface area contributed by atoms with E-state index in [1.54, 1.807) is 6.08 Å². The van der Waals surface area contributed by atoms with E-state index in [-0.39, 0.29) is 0 Å². The molecule has 1 saturated heterocycles. The molecule has 0 aromatic heterocycles. The summed E-state index contributed by atoms with van der Waals surface area (Å²) >= 11 is 0. The van der Waals surface area contributed by atoms with Gasteiger partial charge in [-0.1, -0.05) is 0 Å². The third-order valence-electron chi connectivity index (χ3n) is 1.86. The lowest BCUT2D eigenvalue weighted by atomic mass is 10.2. The standard InChI is InChI=1S/C9H14N2O2/c10-6-8(2-1-4-12)11-7-9-3-5-13-9/h1-2,4,6,9,11H,3,5,7,10H2/b2-1+,8-6-. The van der Waals surface area contributed by atoms with Crippen molar-refractivity contribution < 1.29 is 9.53 Å². The van der Waals surface area contributed by atoms with Gasteiger partial charge >= 0.3 is 0 Å². The molecule has 3 N–H and O–H groups in total. The largest absolute Gasteiger partial charge is 0.403 e. The van der Waals surface area contributed by atoms with Gasteiger partial charge in [-0.15, -0.1) is 0 Å². The van der Waals surface area contributed by atoms with Gasteiger partial charge < -0.3 is 15.8 Å². The highest BCUT2D eigenvalue weighted by molar-refractivity contribution is 5.65. The van der Waals surface area contributed by atoms with Crippen molar-refractivity contribution in [1.29, 1.82) is 0 Å². The van der Waals surface area contributed by atoms with Crippen LogP contribution in [0.5, 0.6) is 0 Å². The average molecular weight is 182 g/mol. The van der Waals surface area contributed by atoms with E-state index in [4.69, 9.17) is 10.5 Å². The predicted octanol–water partition coefficient (Wildman–Crippen LogP) is -0.0799. The van der Waals surface area contributed by atoms with Crippen LogP contribution in [0.3, 0.4) is 0 Å². The highest BCUT2D eigenvalue weighted by Gasteiger charge is 2.17. The van der Waals surface area contributed by atoms with Gasteiger partial charge in [-0.25, -0.2) is 0 Å². The van der Waals surface area contributed by atoms with Crippen LogP contribution in [0.1, 0.15) is 6.42 Å². The zero-order valence-corrected chi connectivity index (χ0v) is 7.40. The Labute approximate surface area is 77.4 Å². The summed E-state index contributed by atoms with van der Waals surface area (Å²) in [6.07, 6.45) is 6.55. The second-order valence-corrected chi connectivity index (χ2v) is 2.78. The molecule has 0 radical (unpaired) electrons. The van der Waals surface area contributed by atoms with E-state index in [1.807, 2.05) is 0 Å². The molecule has 0 amide bonds. The number of ether oxygens (including phenoxy) is 1. The van der Waals surface area contributed by atoms with Crippen molar-refractivity contribution >= 4 is 6.29 Å². The minimum absolute atomic E-state index is 0.291. The number of rotatable bonds is 5. The van der Waals surface area contributed by atoms with Crippen LogP contribution in [0, 0.1) is 0 Å². The van der Waals surface area contributed by atoms with Gasteiger partial charge in [0.25, 0.3) is 0 Å². The summed E-state index contributed by atoms with van der Waals surface area (Å²) in [4.78, 5) is 10.0. The maximum atomic E-state index is 10.0. The molecule has 1 heterocycles. The summed E-state index contributed by atoms with van der Waals surface area (Å²) in [7, 11) is 0. The molecular weight excluding hydrogens is 168 g/mol.